The van der Waals surface area contributed by atoms with Gasteiger partial charge in [0.1, 0.15) is 6.61 Å². The third kappa shape index (κ3) is 3.44. The van der Waals surface area contributed by atoms with Gasteiger partial charge in [0.25, 0.3) is 0 Å². The molecular weight excluding hydrogens is 236 g/mol. The number of nitrogens with two attached hydrogens (primary N) is 1. The summed E-state index contributed by atoms with van der Waals surface area (Å²) in [6.07, 6.45) is 0. The van der Waals surface area contributed by atoms with Gasteiger partial charge in [-0.3, -0.25) is 0 Å². The first-order valence-corrected chi connectivity index (χ1v) is 5.69. The first-order valence-electron chi connectivity index (χ1n) is 5.31. The van der Waals surface area contributed by atoms with E-state index >= 15 is 0 Å². The van der Waals surface area contributed by atoms with Crippen molar-refractivity contribution in [1.82, 2.24) is 4.98 Å². The molecule has 0 spiro atoms. The van der Waals surface area contributed by atoms with Crippen LogP contribution in [0.1, 0.15) is 11.3 Å². The Morgan fingerprint density at radius 1 is 1.12 bits per heavy atom. The molecule has 0 aliphatic carbocycles. The molecule has 0 unspecified atom stereocenters. The molecule has 0 saturated carbocycles. The molecule has 0 radical (unpaired) electrons. The van der Waals surface area contributed by atoms with E-state index in [0.29, 0.717) is 19.0 Å². The summed E-state index contributed by atoms with van der Waals surface area (Å²) in [4.78, 5) is 4.25. The molecule has 88 valence electrons. The zero-order chi connectivity index (χ0) is 12.1. The minimum Gasteiger partial charge on any atom is -0.473 e. The van der Waals surface area contributed by atoms with Crippen molar-refractivity contribution in [2.75, 3.05) is 0 Å². The second kappa shape index (κ2) is 5.66. The van der Waals surface area contributed by atoms with E-state index < -0.39 is 0 Å². The van der Waals surface area contributed by atoms with Crippen LogP contribution in [0.4, 0.5) is 0 Å². The van der Waals surface area contributed by atoms with Gasteiger partial charge in [0.05, 0.1) is 5.69 Å². The summed E-state index contributed by atoms with van der Waals surface area (Å²) in [6, 6.07) is 13.1. The lowest BCUT2D eigenvalue weighted by molar-refractivity contribution is 0.293. The quantitative estimate of drug-likeness (QED) is 0.905. The Balaban J connectivity index is 1.99. The van der Waals surface area contributed by atoms with Gasteiger partial charge < -0.3 is 10.5 Å². The summed E-state index contributed by atoms with van der Waals surface area (Å²) >= 11 is 5.80. The third-order valence-corrected chi connectivity index (χ3v) is 2.54. The SMILES string of the molecule is NCc1cccc(OCc2ccc(Cl)cc2)n1. The molecule has 2 N–H and O–H groups in total. The average molecular weight is 249 g/mol. The smallest absolute Gasteiger partial charge is 0.213 e. The molecule has 0 aliphatic rings. The Morgan fingerprint density at radius 2 is 1.88 bits per heavy atom. The molecule has 0 fully saturated rings. The minimum absolute atomic E-state index is 0.415. The number of halogens is 1. The lowest BCUT2D eigenvalue weighted by Gasteiger charge is -2.06. The monoisotopic (exact) mass is 248 g/mol. The zero-order valence-electron chi connectivity index (χ0n) is 9.27. The van der Waals surface area contributed by atoms with Gasteiger partial charge in [0, 0.05) is 17.6 Å². The predicted molar refractivity (Wildman–Crippen MR) is 67.9 cm³/mol. The van der Waals surface area contributed by atoms with Crippen LogP contribution in [0.25, 0.3) is 0 Å². The Morgan fingerprint density at radius 3 is 2.59 bits per heavy atom. The van der Waals surface area contributed by atoms with Gasteiger partial charge >= 0.3 is 0 Å². The van der Waals surface area contributed by atoms with E-state index in [9.17, 15) is 0 Å². The molecule has 1 aromatic heterocycles. The highest BCUT2D eigenvalue weighted by Crippen LogP contribution is 2.13. The second-order valence-electron chi connectivity index (χ2n) is 3.59. The minimum atomic E-state index is 0.415. The number of rotatable bonds is 4. The van der Waals surface area contributed by atoms with Crippen LogP contribution in [0.15, 0.2) is 42.5 Å². The van der Waals surface area contributed by atoms with Crippen molar-refractivity contribution in [3.8, 4) is 5.88 Å². The van der Waals surface area contributed by atoms with E-state index in [1.165, 1.54) is 0 Å². The first kappa shape index (κ1) is 11.9. The number of nitrogens with zero attached hydrogens (tertiary/aromatic N) is 1. The van der Waals surface area contributed by atoms with Crippen molar-refractivity contribution >= 4 is 11.6 Å². The Bertz CT molecular complexity index is 485. The highest BCUT2D eigenvalue weighted by atomic mass is 35.5. The van der Waals surface area contributed by atoms with Gasteiger partial charge in [-0.15, -0.1) is 0 Å². The van der Waals surface area contributed by atoms with Gasteiger partial charge in [-0.25, -0.2) is 4.98 Å². The normalized spacial score (nSPS) is 10.2. The molecule has 2 rings (SSSR count). The fourth-order valence-corrected chi connectivity index (χ4v) is 1.52. The lowest BCUT2D eigenvalue weighted by atomic mass is 10.2. The third-order valence-electron chi connectivity index (χ3n) is 2.29. The summed E-state index contributed by atoms with van der Waals surface area (Å²) in [5.74, 6) is 0.586. The van der Waals surface area contributed by atoms with E-state index in [4.69, 9.17) is 22.1 Å². The van der Waals surface area contributed by atoms with Gasteiger partial charge in [0.2, 0.25) is 5.88 Å². The molecule has 0 amide bonds. The molecule has 0 aliphatic heterocycles. The summed E-state index contributed by atoms with van der Waals surface area (Å²) in [5.41, 5.74) is 7.38. The van der Waals surface area contributed by atoms with Crippen molar-refractivity contribution < 1.29 is 4.74 Å². The Kier molecular flexibility index (Phi) is 3.96. The molecule has 0 bridgehead atoms. The highest BCUT2D eigenvalue weighted by molar-refractivity contribution is 6.30. The molecule has 1 heterocycles. The summed E-state index contributed by atoms with van der Waals surface area (Å²) in [7, 11) is 0. The van der Waals surface area contributed by atoms with Crippen molar-refractivity contribution in [3.05, 3.63) is 58.7 Å². The van der Waals surface area contributed by atoms with Crippen molar-refractivity contribution in [3.63, 3.8) is 0 Å². The number of aromatic nitrogens is 1. The van der Waals surface area contributed by atoms with E-state index in [1.807, 2.05) is 42.5 Å². The van der Waals surface area contributed by atoms with Gasteiger partial charge in [-0.1, -0.05) is 29.8 Å². The molecule has 17 heavy (non-hydrogen) atoms. The molecule has 1 aromatic carbocycles. The maximum absolute atomic E-state index is 5.80. The van der Waals surface area contributed by atoms with Gasteiger partial charge in [0.15, 0.2) is 0 Å². The van der Waals surface area contributed by atoms with Gasteiger partial charge in [-0.2, -0.15) is 0 Å². The van der Waals surface area contributed by atoms with Crippen LogP contribution in [-0.4, -0.2) is 4.98 Å². The predicted octanol–water partition coefficient (Wildman–Crippen LogP) is 2.77. The summed E-state index contributed by atoms with van der Waals surface area (Å²) < 4.78 is 5.56. The van der Waals surface area contributed by atoms with Crippen molar-refractivity contribution in [1.29, 1.82) is 0 Å². The molecule has 4 heteroatoms. The lowest BCUT2D eigenvalue weighted by Crippen LogP contribution is -2.02. The maximum atomic E-state index is 5.80. The fourth-order valence-electron chi connectivity index (χ4n) is 1.39. The summed E-state index contributed by atoms with van der Waals surface area (Å²) in [6.45, 7) is 0.885. The standard InChI is InChI=1S/C13H13ClN2O/c14-11-6-4-10(5-7-11)9-17-13-3-1-2-12(8-15)16-13/h1-7H,8-9,15H2. The molecule has 3 nitrogen and oxygen atoms in total. The summed E-state index contributed by atoms with van der Waals surface area (Å²) in [5, 5.41) is 0.719. The molecule has 0 saturated heterocycles. The number of hydrogen-bond donors (Lipinski definition) is 1. The topological polar surface area (TPSA) is 48.1 Å². The number of pyridine rings is 1. The Labute approximate surface area is 105 Å². The average Bonchev–Trinajstić information content (AvgIpc) is 2.38. The second-order valence-corrected chi connectivity index (χ2v) is 4.02. The van der Waals surface area contributed by atoms with E-state index in [0.717, 1.165) is 16.3 Å². The molecule has 0 atom stereocenters. The van der Waals surface area contributed by atoms with Crippen LogP contribution < -0.4 is 10.5 Å². The van der Waals surface area contributed by atoms with Crippen LogP contribution in [0.2, 0.25) is 5.02 Å². The van der Waals surface area contributed by atoms with Crippen LogP contribution in [-0.2, 0) is 13.2 Å². The highest BCUT2D eigenvalue weighted by Gasteiger charge is 1.98. The fraction of sp³-hybridized carbons (Fsp3) is 0.154. The van der Waals surface area contributed by atoms with Crippen molar-refractivity contribution in [2.24, 2.45) is 5.73 Å². The number of benzene rings is 1. The zero-order valence-corrected chi connectivity index (χ0v) is 10.0. The molecular formula is C13H13ClN2O. The largest absolute Gasteiger partial charge is 0.473 e. The maximum Gasteiger partial charge on any atom is 0.213 e. The van der Waals surface area contributed by atoms with Crippen LogP contribution >= 0.6 is 11.6 Å². The van der Waals surface area contributed by atoms with Crippen molar-refractivity contribution in [2.45, 2.75) is 13.2 Å². The van der Waals surface area contributed by atoms with E-state index in [1.54, 1.807) is 0 Å². The molecule has 2 aromatic rings. The number of ether oxygens (including phenoxy) is 1. The number of hydrogen-bond acceptors (Lipinski definition) is 3. The van der Waals surface area contributed by atoms with E-state index in [2.05, 4.69) is 4.98 Å². The van der Waals surface area contributed by atoms with Crippen LogP contribution in [0.5, 0.6) is 5.88 Å². The van der Waals surface area contributed by atoms with Crippen LogP contribution in [0.3, 0.4) is 0 Å². The van der Waals surface area contributed by atoms with E-state index in [-0.39, 0.29) is 0 Å². The Hall–Kier alpha value is -1.58. The first-order chi connectivity index (χ1) is 8.28. The van der Waals surface area contributed by atoms with Crippen LogP contribution in [0, 0.1) is 0 Å². The van der Waals surface area contributed by atoms with Gasteiger partial charge in [-0.05, 0) is 23.8 Å².